The number of fused-ring (bicyclic) bond motifs is 1. The van der Waals surface area contributed by atoms with Crippen LogP contribution in [0.4, 0.5) is 17.6 Å². The van der Waals surface area contributed by atoms with E-state index in [9.17, 15) is 30.8 Å². The van der Waals surface area contributed by atoms with Gasteiger partial charge in [0.25, 0.3) is 5.91 Å². The van der Waals surface area contributed by atoms with Gasteiger partial charge in [-0.15, -0.1) is 0 Å². The predicted molar refractivity (Wildman–Crippen MR) is 73.2 cm³/mol. The minimum atomic E-state index is -4.47. The van der Waals surface area contributed by atoms with Crippen LogP contribution in [0, 0.1) is 0 Å². The first kappa shape index (κ1) is 17.7. The lowest BCUT2D eigenvalue weighted by Crippen LogP contribution is -2.42. The van der Waals surface area contributed by atoms with E-state index in [1.165, 1.54) is 12.1 Å². The van der Waals surface area contributed by atoms with Crippen LogP contribution >= 0.6 is 0 Å². The molecule has 10 heteroatoms. The number of hydrogen-bond donors (Lipinski definition) is 2. The lowest BCUT2D eigenvalue weighted by molar-refractivity contribution is -0.132. The normalized spacial score (nSPS) is 18.4. The summed E-state index contributed by atoms with van der Waals surface area (Å²) in [6.45, 7) is -1.54. The van der Waals surface area contributed by atoms with Crippen molar-refractivity contribution in [2.75, 3.05) is 13.2 Å². The molecule has 1 aromatic carbocycles. The molecule has 0 aliphatic carbocycles. The van der Waals surface area contributed by atoms with Gasteiger partial charge in [0.1, 0.15) is 6.67 Å². The average Bonchev–Trinajstić information content (AvgIpc) is 2.45. The highest BCUT2D eigenvalue weighted by Gasteiger charge is 2.29. The number of carbonyl (C=O) groups excluding carboxylic acids is 1. The quantitative estimate of drug-likeness (QED) is 0.788. The molecule has 0 spiro atoms. The molecule has 0 unspecified atom stereocenters. The molecular formula is C13H14F4N2O3S. The summed E-state index contributed by atoms with van der Waals surface area (Å²) < 4.78 is 74.6. The number of alkyl halides is 4. The molecule has 0 radical (unpaired) electrons. The lowest BCUT2D eigenvalue weighted by Gasteiger charge is -2.23. The van der Waals surface area contributed by atoms with Crippen LogP contribution in [0.5, 0.6) is 0 Å². The van der Waals surface area contributed by atoms with Gasteiger partial charge in [-0.2, -0.15) is 13.2 Å². The molecule has 2 rings (SSSR count). The number of hydrogen-bond acceptors (Lipinski definition) is 3. The van der Waals surface area contributed by atoms with Crippen molar-refractivity contribution < 1.29 is 30.8 Å². The van der Waals surface area contributed by atoms with E-state index in [4.69, 9.17) is 0 Å². The van der Waals surface area contributed by atoms with Crippen molar-refractivity contribution in [1.82, 2.24) is 10.0 Å². The van der Waals surface area contributed by atoms with Crippen molar-refractivity contribution >= 4 is 15.9 Å². The summed E-state index contributed by atoms with van der Waals surface area (Å²) >= 11 is 0. The van der Waals surface area contributed by atoms with Crippen LogP contribution in [0.3, 0.4) is 0 Å². The van der Waals surface area contributed by atoms with Gasteiger partial charge in [0, 0.05) is 12.1 Å². The van der Waals surface area contributed by atoms with Gasteiger partial charge in [-0.3, -0.25) is 4.79 Å². The Morgan fingerprint density at radius 2 is 2.00 bits per heavy atom. The molecular weight excluding hydrogens is 340 g/mol. The standard InChI is InChI=1S/C13H14F4N2O3S/c14-7-9-5-8-1-2-10(6-11(8)12(20)19-9)23(21,22)18-4-3-13(15,16)17/h1-2,6,9,18H,3-5,7H2,(H,19,20)/t9-/m1/s1. The molecule has 2 N–H and O–H groups in total. The van der Waals surface area contributed by atoms with E-state index >= 15 is 0 Å². The van der Waals surface area contributed by atoms with Crippen LogP contribution in [0.25, 0.3) is 0 Å². The second-order valence-corrected chi connectivity index (χ2v) is 6.88. The van der Waals surface area contributed by atoms with Crippen LogP contribution in [0.1, 0.15) is 22.3 Å². The Kier molecular flexibility index (Phi) is 4.95. The monoisotopic (exact) mass is 354 g/mol. The first-order valence-electron chi connectivity index (χ1n) is 6.68. The smallest absolute Gasteiger partial charge is 0.346 e. The van der Waals surface area contributed by atoms with Gasteiger partial charge >= 0.3 is 6.18 Å². The van der Waals surface area contributed by atoms with Crippen LogP contribution in [-0.2, 0) is 16.4 Å². The molecule has 1 heterocycles. The highest BCUT2D eigenvalue weighted by Crippen LogP contribution is 2.22. The van der Waals surface area contributed by atoms with Crippen LogP contribution in [-0.4, -0.2) is 39.8 Å². The number of sulfonamides is 1. The zero-order valence-electron chi connectivity index (χ0n) is 11.8. The molecule has 0 saturated carbocycles. The predicted octanol–water partition coefficient (Wildman–Crippen LogP) is 1.54. The Bertz CT molecular complexity index is 704. The molecule has 0 bridgehead atoms. The SMILES string of the molecule is O=C1N[C@@H](CF)Cc2ccc(S(=O)(=O)NCCC(F)(F)F)cc21. The Hall–Kier alpha value is -1.68. The lowest BCUT2D eigenvalue weighted by atomic mass is 9.96. The van der Waals surface area contributed by atoms with E-state index < -0.39 is 47.8 Å². The topological polar surface area (TPSA) is 75.3 Å². The highest BCUT2D eigenvalue weighted by molar-refractivity contribution is 7.89. The van der Waals surface area contributed by atoms with Crippen molar-refractivity contribution in [2.24, 2.45) is 0 Å². The second kappa shape index (κ2) is 6.44. The second-order valence-electron chi connectivity index (χ2n) is 5.11. The van der Waals surface area contributed by atoms with E-state index in [2.05, 4.69) is 5.32 Å². The van der Waals surface area contributed by atoms with Gasteiger partial charge in [0.2, 0.25) is 10.0 Å². The third-order valence-electron chi connectivity index (χ3n) is 3.32. The molecule has 128 valence electrons. The van der Waals surface area contributed by atoms with Crippen molar-refractivity contribution in [3.05, 3.63) is 29.3 Å². The van der Waals surface area contributed by atoms with Crippen molar-refractivity contribution in [3.8, 4) is 0 Å². The zero-order chi connectivity index (χ0) is 17.3. The Balaban J connectivity index is 2.18. The molecule has 0 saturated heterocycles. The molecule has 0 aromatic heterocycles. The summed E-state index contributed by atoms with van der Waals surface area (Å²) in [5, 5.41) is 2.39. The minimum Gasteiger partial charge on any atom is -0.346 e. The third-order valence-corrected chi connectivity index (χ3v) is 4.78. The fourth-order valence-corrected chi connectivity index (χ4v) is 3.25. The van der Waals surface area contributed by atoms with Crippen molar-refractivity contribution in [2.45, 2.75) is 30.0 Å². The summed E-state index contributed by atoms with van der Waals surface area (Å²) in [5.41, 5.74) is 0.569. The Morgan fingerprint density at radius 3 is 2.61 bits per heavy atom. The minimum absolute atomic E-state index is 0.0772. The number of amides is 1. The molecule has 5 nitrogen and oxygen atoms in total. The number of benzene rings is 1. The van der Waals surface area contributed by atoms with E-state index in [1.54, 1.807) is 0 Å². The summed E-state index contributed by atoms with van der Waals surface area (Å²) in [7, 11) is -4.16. The van der Waals surface area contributed by atoms with Crippen LogP contribution in [0.2, 0.25) is 0 Å². The van der Waals surface area contributed by atoms with Crippen LogP contribution < -0.4 is 10.0 Å². The van der Waals surface area contributed by atoms with Gasteiger partial charge in [-0.05, 0) is 24.1 Å². The first-order chi connectivity index (χ1) is 10.6. The van der Waals surface area contributed by atoms with E-state index in [0.29, 0.717) is 5.56 Å². The molecule has 23 heavy (non-hydrogen) atoms. The molecule has 1 aliphatic rings. The van der Waals surface area contributed by atoms with E-state index in [-0.39, 0.29) is 16.9 Å². The molecule has 1 atom stereocenters. The summed E-state index contributed by atoms with van der Waals surface area (Å²) in [6, 6.07) is 2.97. The first-order valence-corrected chi connectivity index (χ1v) is 8.17. The molecule has 1 amide bonds. The summed E-state index contributed by atoms with van der Waals surface area (Å²) in [4.78, 5) is 11.5. The average molecular weight is 354 g/mol. The van der Waals surface area contributed by atoms with E-state index in [1.807, 2.05) is 4.72 Å². The fourth-order valence-electron chi connectivity index (χ4n) is 2.20. The maximum atomic E-state index is 12.6. The number of nitrogens with one attached hydrogen (secondary N) is 2. The van der Waals surface area contributed by atoms with Gasteiger partial charge in [0.05, 0.1) is 17.4 Å². The van der Waals surface area contributed by atoms with E-state index in [0.717, 1.165) is 6.07 Å². The largest absolute Gasteiger partial charge is 0.390 e. The number of rotatable bonds is 5. The fraction of sp³-hybridized carbons (Fsp3) is 0.462. The summed E-state index contributed by atoms with van der Waals surface area (Å²) in [6.07, 6.45) is -5.55. The molecule has 1 aromatic rings. The number of carbonyl (C=O) groups is 1. The Labute approximate surface area is 130 Å². The van der Waals surface area contributed by atoms with Crippen LogP contribution in [0.15, 0.2) is 23.1 Å². The van der Waals surface area contributed by atoms with Crippen molar-refractivity contribution in [3.63, 3.8) is 0 Å². The highest BCUT2D eigenvalue weighted by atomic mass is 32.2. The Morgan fingerprint density at radius 1 is 1.30 bits per heavy atom. The van der Waals surface area contributed by atoms with Gasteiger partial charge in [-0.1, -0.05) is 6.07 Å². The summed E-state index contributed by atoms with van der Waals surface area (Å²) in [5.74, 6) is -0.610. The van der Waals surface area contributed by atoms with Gasteiger partial charge < -0.3 is 5.32 Å². The van der Waals surface area contributed by atoms with Gasteiger partial charge in [0.15, 0.2) is 0 Å². The third kappa shape index (κ3) is 4.41. The molecule has 0 fully saturated rings. The molecule has 1 aliphatic heterocycles. The number of halogens is 4. The maximum absolute atomic E-state index is 12.6. The maximum Gasteiger partial charge on any atom is 0.390 e. The zero-order valence-corrected chi connectivity index (χ0v) is 12.6. The van der Waals surface area contributed by atoms with Gasteiger partial charge in [-0.25, -0.2) is 17.5 Å². The van der Waals surface area contributed by atoms with Crippen molar-refractivity contribution in [1.29, 1.82) is 0 Å².